The number of anilines is 1. The molecule has 0 spiro atoms. The quantitative estimate of drug-likeness (QED) is 0.280. The van der Waals surface area contributed by atoms with E-state index in [4.69, 9.17) is 5.11 Å². The highest BCUT2D eigenvalue weighted by Gasteiger charge is 2.16. The Morgan fingerprint density at radius 3 is 2.62 bits per heavy atom. The first-order valence-corrected chi connectivity index (χ1v) is 7.59. The highest BCUT2D eigenvalue weighted by Crippen LogP contribution is 2.28. The molecule has 0 saturated carbocycles. The number of rotatable bonds is 9. The Balaban J connectivity index is 2.43. The van der Waals surface area contributed by atoms with Crippen molar-refractivity contribution in [3.63, 3.8) is 0 Å². The van der Waals surface area contributed by atoms with Crippen molar-refractivity contribution in [2.24, 2.45) is 0 Å². The molecule has 1 aromatic rings. The van der Waals surface area contributed by atoms with Crippen molar-refractivity contribution in [2.45, 2.75) is 32.1 Å². The zero-order valence-corrected chi connectivity index (χ0v) is 13.4. The zero-order chi connectivity index (χ0) is 15.8. The minimum Gasteiger partial charge on any atom is -0.481 e. The third-order valence-corrected chi connectivity index (χ3v) is 3.69. The summed E-state index contributed by atoms with van der Waals surface area (Å²) in [5, 5.41) is 22.3. The maximum absolute atomic E-state index is 13.4. The van der Waals surface area contributed by atoms with E-state index in [1.165, 1.54) is 6.07 Å². The van der Waals surface area contributed by atoms with Crippen molar-refractivity contribution >= 4 is 39.9 Å². The van der Waals surface area contributed by atoms with Crippen LogP contribution in [0.4, 0.5) is 15.8 Å². The number of nitrogens with one attached hydrogen (secondary N) is 1. The third-order valence-electron chi connectivity index (χ3n) is 2.87. The molecule has 1 aromatic carbocycles. The van der Waals surface area contributed by atoms with Gasteiger partial charge in [-0.05, 0) is 35.4 Å². The van der Waals surface area contributed by atoms with E-state index in [2.05, 4.69) is 5.32 Å². The van der Waals surface area contributed by atoms with E-state index < -0.39 is 16.7 Å². The number of halogens is 2. The van der Waals surface area contributed by atoms with E-state index in [0.717, 1.165) is 25.3 Å². The molecular weight excluding hydrogens is 394 g/mol. The number of benzene rings is 1. The van der Waals surface area contributed by atoms with E-state index in [1.54, 1.807) is 22.6 Å². The van der Waals surface area contributed by atoms with Crippen LogP contribution in [0.1, 0.15) is 32.1 Å². The molecule has 0 aromatic heterocycles. The van der Waals surface area contributed by atoms with Crippen LogP contribution in [-0.4, -0.2) is 22.5 Å². The monoisotopic (exact) mass is 410 g/mol. The number of carbonyl (C=O) groups is 1. The van der Waals surface area contributed by atoms with Crippen LogP contribution in [0.15, 0.2) is 12.1 Å². The van der Waals surface area contributed by atoms with Crippen molar-refractivity contribution in [1.82, 2.24) is 0 Å². The summed E-state index contributed by atoms with van der Waals surface area (Å²) in [5.41, 5.74) is 0.0233. The molecule has 6 nitrogen and oxygen atoms in total. The molecule has 8 heteroatoms. The fourth-order valence-corrected chi connectivity index (χ4v) is 2.26. The highest BCUT2D eigenvalue weighted by molar-refractivity contribution is 14.1. The molecule has 0 heterocycles. The van der Waals surface area contributed by atoms with Crippen LogP contribution in [0.3, 0.4) is 0 Å². The molecule has 0 bridgehead atoms. The summed E-state index contributed by atoms with van der Waals surface area (Å²) >= 11 is 1.71. The molecule has 0 aliphatic rings. The minimum absolute atomic E-state index is 0.147. The van der Waals surface area contributed by atoms with E-state index in [-0.39, 0.29) is 21.4 Å². The predicted octanol–water partition coefficient (Wildman–Crippen LogP) is 3.79. The lowest BCUT2D eigenvalue weighted by Gasteiger charge is -2.08. The first-order valence-electron chi connectivity index (χ1n) is 6.51. The van der Waals surface area contributed by atoms with Gasteiger partial charge in [-0.15, -0.1) is 0 Å². The second-order valence-electron chi connectivity index (χ2n) is 4.53. The average Bonchev–Trinajstić information content (AvgIpc) is 2.40. The van der Waals surface area contributed by atoms with Crippen LogP contribution in [0.5, 0.6) is 0 Å². The first-order chi connectivity index (χ1) is 9.91. The molecule has 0 fully saturated rings. The number of unbranched alkanes of at least 4 members (excludes halogenated alkanes) is 3. The fraction of sp³-hybridized carbons (Fsp3) is 0.462. The van der Waals surface area contributed by atoms with Crippen LogP contribution >= 0.6 is 22.6 Å². The summed E-state index contributed by atoms with van der Waals surface area (Å²) in [6.07, 6.45) is 3.12. The summed E-state index contributed by atoms with van der Waals surface area (Å²) in [6.45, 7) is 0.480. The van der Waals surface area contributed by atoms with Gasteiger partial charge < -0.3 is 10.4 Å². The smallest absolute Gasteiger partial charge is 0.303 e. The number of nitro groups is 1. The molecule has 0 aliphatic heterocycles. The normalized spacial score (nSPS) is 10.4. The number of nitro benzene ring substituents is 1. The van der Waals surface area contributed by atoms with Gasteiger partial charge in [0, 0.05) is 25.1 Å². The van der Waals surface area contributed by atoms with Crippen molar-refractivity contribution in [3.05, 3.63) is 31.6 Å². The summed E-state index contributed by atoms with van der Waals surface area (Å²) in [5.74, 6) is -1.30. The van der Waals surface area contributed by atoms with Crippen LogP contribution in [0, 0.1) is 19.5 Å². The highest BCUT2D eigenvalue weighted by atomic mass is 127. The number of hydrogen-bond acceptors (Lipinski definition) is 4. The van der Waals surface area contributed by atoms with E-state index in [1.807, 2.05) is 0 Å². The Kier molecular flexibility index (Phi) is 7.34. The molecular formula is C13H16FIN2O4. The SMILES string of the molecule is O=C(O)CCCCCCNc1cc(F)c(I)cc1[N+](=O)[O-]. The maximum Gasteiger partial charge on any atom is 0.303 e. The van der Waals surface area contributed by atoms with Gasteiger partial charge in [-0.25, -0.2) is 4.39 Å². The van der Waals surface area contributed by atoms with Crippen LogP contribution in [-0.2, 0) is 4.79 Å². The summed E-state index contributed by atoms with van der Waals surface area (Å²) in [4.78, 5) is 20.7. The van der Waals surface area contributed by atoms with Gasteiger partial charge in [-0.3, -0.25) is 14.9 Å². The molecule has 0 radical (unpaired) electrons. The number of aliphatic carboxylic acids is 1. The van der Waals surface area contributed by atoms with E-state index in [0.29, 0.717) is 13.0 Å². The van der Waals surface area contributed by atoms with Gasteiger partial charge in [-0.1, -0.05) is 12.8 Å². The van der Waals surface area contributed by atoms with Crippen LogP contribution < -0.4 is 5.32 Å². The molecule has 0 saturated heterocycles. The van der Waals surface area contributed by atoms with Gasteiger partial charge in [0.1, 0.15) is 11.5 Å². The molecule has 2 N–H and O–H groups in total. The van der Waals surface area contributed by atoms with Gasteiger partial charge in [-0.2, -0.15) is 0 Å². The molecule has 1 rings (SSSR count). The van der Waals surface area contributed by atoms with E-state index in [9.17, 15) is 19.3 Å². The summed E-state index contributed by atoms with van der Waals surface area (Å²) in [6, 6.07) is 2.33. The standard InChI is InChI=1S/C13H16FIN2O4/c14-9-7-11(12(17(20)21)8-10(9)15)16-6-4-2-1-3-5-13(18)19/h7-8,16H,1-6H2,(H,18,19). The van der Waals surface area contributed by atoms with Gasteiger partial charge >= 0.3 is 5.97 Å². The number of hydrogen-bond donors (Lipinski definition) is 2. The first kappa shape index (κ1) is 17.6. The summed E-state index contributed by atoms with van der Waals surface area (Å²) < 4.78 is 13.7. The van der Waals surface area contributed by atoms with Crippen molar-refractivity contribution in [1.29, 1.82) is 0 Å². The molecule has 0 unspecified atom stereocenters. The second kappa shape index (κ2) is 8.75. The van der Waals surface area contributed by atoms with Gasteiger partial charge in [0.25, 0.3) is 5.69 Å². The Labute approximate surface area is 135 Å². The molecule has 0 atom stereocenters. The summed E-state index contributed by atoms with van der Waals surface area (Å²) in [7, 11) is 0. The van der Waals surface area contributed by atoms with Crippen LogP contribution in [0.2, 0.25) is 0 Å². The Bertz CT molecular complexity index is 525. The van der Waals surface area contributed by atoms with Gasteiger partial charge in [0.15, 0.2) is 0 Å². The molecule has 21 heavy (non-hydrogen) atoms. The van der Waals surface area contributed by atoms with Crippen LogP contribution in [0.25, 0.3) is 0 Å². The number of nitrogens with zero attached hydrogens (tertiary/aromatic N) is 1. The van der Waals surface area contributed by atoms with E-state index >= 15 is 0 Å². The fourth-order valence-electron chi connectivity index (χ4n) is 1.81. The number of carboxylic acids is 1. The Hall–Kier alpha value is -1.45. The minimum atomic E-state index is -0.807. The number of carboxylic acid groups (broad SMARTS) is 1. The van der Waals surface area contributed by atoms with Crippen molar-refractivity contribution in [2.75, 3.05) is 11.9 Å². The largest absolute Gasteiger partial charge is 0.481 e. The lowest BCUT2D eigenvalue weighted by atomic mass is 10.1. The van der Waals surface area contributed by atoms with Gasteiger partial charge in [0.05, 0.1) is 8.49 Å². The van der Waals surface area contributed by atoms with Gasteiger partial charge in [0.2, 0.25) is 0 Å². The lowest BCUT2D eigenvalue weighted by Crippen LogP contribution is -2.05. The molecule has 116 valence electrons. The third kappa shape index (κ3) is 6.23. The van der Waals surface area contributed by atoms with Crippen molar-refractivity contribution in [3.8, 4) is 0 Å². The lowest BCUT2D eigenvalue weighted by molar-refractivity contribution is -0.384. The topological polar surface area (TPSA) is 92.5 Å². The average molecular weight is 410 g/mol. The second-order valence-corrected chi connectivity index (χ2v) is 5.69. The molecule has 0 aliphatic carbocycles. The maximum atomic E-state index is 13.4. The predicted molar refractivity (Wildman–Crippen MR) is 85.0 cm³/mol. The molecule has 0 amide bonds. The Morgan fingerprint density at radius 2 is 2.00 bits per heavy atom. The Morgan fingerprint density at radius 1 is 1.33 bits per heavy atom. The zero-order valence-electron chi connectivity index (χ0n) is 11.3. The van der Waals surface area contributed by atoms with Crippen molar-refractivity contribution < 1.29 is 19.2 Å².